The highest BCUT2D eigenvalue weighted by atomic mass is 16.2. The van der Waals surface area contributed by atoms with Gasteiger partial charge in [-0.15, -0.1) is 0 Å². The third kappa shape index (κ3) is 4.57. The summed E-state index contributed by atoms with van der Waals surface area (Å²) in [7, 11) is 1.98. The number of carbonyl (C=O) groups excluding carboxylic acids is 1. The van der Waals surface area contributed by atoms with Gasteiger partial charge < -0.3 is 10.2 Å². The van der Waals surface area contributed by atoms with Crippen molar-refractivity contribution in [2.75, 3.05) is 20.1 Å². The predicted molar refractivity (Wildman–Crippen MR) is 87.4 cm³/mol. The molecule has 0 spiro atoms. The third-order valence-corrected chi connectivity index (χ3v) is 4.54. The molecule has 3 nitrogen and oxygen atoms in total. The van der Waals surface area contributed by atoms with Crippen LogP contribution in [-0.4, -0.2) is 37.0 Å². The van der Waals surface area contributed by atoms with Crippen molar-refractivity contribution in [3.8, 4) is 0 Å². The minimum Gasteiger partial charge on any atom is -0.340 e. The molecule has 1 heterocycles. The Morgan fingerprint density at radius 2 is 2.14 bits per heavy atom. The van der Waals surface area contributed by atoms with Crippen LogP contribution in [0.4, 0.5) is 0 Å². The largest absolute Gasteiger partial charge is 0.340 e. The van der Waals surface area contributed by atoms with Crippen LogP contribution in [0.1, 0.15) is 43.2 Å². The molecule has 2 rings (SSSR count). The number of rotatable bonds is 6. The topological polar surface area (TPSA) is 32.3 Å². The van der Waals surface area contributed by atoms with Gasteiger partial charge in [0.25, 0.3) is 0 Å². The van der Waals surface area contributed by atoms with Gasteiger partial charge in [-0.25, -0.2) is 0 Å². The number of carbonyl (C=O) groups is 1. The summed E-state index contributed by atoms with van der Waals surface area (Å²) in [5, 5.41) is 3.20. The number of nitrogens with one attached hydrogen (secondary N) is 1. The summed E-state index contributed by atoms with van der Waals surface area (Å²) in [6, 6.07) is 8.81. The molecule has 1 aromatic rings. The molecule has 1 fully saturated rings. The average molecular weight is 288 g/mol. The molecule has 0 bridgehead atoms. The van der Waals surface area contributed by atoms with Crippen molar-refractivity contribution in [3.63, 3.8) is 0 Å². The molecule has 0 aliphatic carbocycles. The average Bonchev–Trinajstić information content (AvgIpc) is 2.52. The molecule has 1 atom stereocenters. The van der Waals surface area contributed by atoms with Gasteiger partial charge in [-0.2, -0.15) is 0 Å². The summed E-state index contributed by atoms with van der Waals surface area (Å²) in [5.74, 6) is 0.332. The minimum atomic E-state index is 0.332. The number of hydrogen-bond donors (Lipinski definition) is 1. The minimum absolute atomic E-state index is 0.332. The number of amides is 1. The monoisotopic (exact) mass is 288 g/mol. The number of aryl methyl sites for hydroxylation is 2. The molecular formula is C18H28N2O. The van der Waals surface area contributed by atoms with Crippen LogP contribution in [0.5, 0.6) is 0 Å². The standard InChI is InChI=1S/C18H28N2O/c1-15-7-3-4-8-16(15)10-11-18(21)20-14-6-5-9-17(20)12-13-19-2/h3-4,7-8,17,19H,5-6,9-14H2,1-2H3. The molecule has 0 saturated carbocycles. The van der Waals surface area contributed by atoms with Crippen LogP contribution in [0.25, 0.3) is 0 Å². The van der Waals surface area contributed by atoms with E-state index in [-0.39, 0.29) is 0 Å². The molecule has 1 amide bonds. The zero-order chi connectivity index (χ0) is 15.1. The Hall–Kier alpha value is -1.35. The second-order valence-corrected chi connectivity index (χ2v) is 6.06. The maximum absolute atomic E-state index is 12.6. The molecule has 116 valence electrons. The number of likely N-dealkylation sites (tertiary alicyclic amines) is 1. The summed E-state index contributed by atoms with van der Waals surface area (Å²) < 4.78 is 0. The smallest absolute Gasteiger partial charge is 0.223 e. The van der Waals surface area contributed by atoms with Gasteiger partial charge in [-0.3, -0.25) is 4.79 Å². The molecule has 1 aliphatic heterocycles. The van der Waals surface area contributed by atoms with E-state index >= 15 is 0 Å². The third-order valence-electron chi connectivity index (χ3n) is 4.54. The van der Waals surface area contributed by atoms with Crippen LogP contribution in [0.2, 0.25) is 0 Å². The second kappa shape index (κ2) is 8.18. The molecule has 1 unspecified atom stereocenters. The van der Waals surface area contributed by atoms with E-state index in [1.54, 1.807) is 0 Å². The van der Waals surface area contributed by atoms with Crippen molar-refractivity contribution in [1.29, 1.82) is 0 Å². The van der Waals surface area contributed by atoms with E-state index in [0.717, 1.165) is 38.8 Å². The first-order valence-corrected chi connectivity index (χ1v) is 8.21. The number of hydrogen-bond acceptors (Lipinski definition) is 2. The van der Waals surface area contributed by atoms with Gasteiger partial charge in [-0.05, 0) is 63.7 Å². The van der Waals surface area contributed by atoms with Crippen LogP contribution in [0.3, 0.4) is 0 Å². The summed E-state index contributed by atoms with van der Waals surface area (Å²) in [6.07, 6.45) is 6.16. The molecule has 3 heteroatoms. The van der Waals surface area contributed by atoms with E-state index in [4.69, 9.17) is 0 Å². The lowest BCUT2D eigenvalue weighted by molar-refractivity contribution is -0.134. The van der Waals surface area contributed by atoms with E-state index < -0.39 is 0 Å². The van der Waals surface area contributed by atoms with Crippen LogP contribution in [0.15, 0.2) is 24.3 Å². The Balaban J connectivity index is 1.90. The maximum Gasteiger partial charge on any atom is 0.223 e. The van der Waals surface area contributed by atoms with E-state index in [1.165, 1.54) is 17.5 Å². The SMILES string of the molecule is CNCCC1CCCCN1C(=O)CCc1ccccc1C. The van der Waals surface area contributed by atoms with Crippen LogP contribution in [0, 0.1) is 6.92 Å². The number of piperidine rings is 1. The van der Waals surface area contributed by atoms with Crippen molar-refractivity contribution >= 4 is 5.91 Å². The summed E-state index contributed by atoms with van der Waals surface area (Å²) in [5.41, 5.74) is 2.59. The second-order valence-electron chi connectivity index (χ2n) is 6.06. The zero-order valence-corrected chi connectivity index (χ0v) is 13.4. The van der Waals surface area contributed by atoms with Gasteiger partial charge in [0.05, 0.1) is 0 Å². The lowest BCUT2D eigenvalue weighted by atomic mass is 9.97. The zero-order valence-electron chi connectivity index (χ0n) is 13.4. The fourth-order valence-corrected chi connectivity index (χ4v) is 3.22. The van der Waals surface area contributed by atoms with Gasteiger partial charge >= 0.3 is 0 Å². The normalized spacial score (nSPS) is 18.8. The molecule has 1 saturated heterocycles. The molecule has 1 N–H and O–H groups in total. The Kier molecular flexibility index (Phi) is 6.24. The fourth-order valence-electron chi connectivity index (χ4n) is 3.22. The van der Waals surface area contributed by atoms with Gasteiger partial charge in [0, 0.05) is 19.0 Å². The molecule has 0 radical (unpaired) electrons. The quantitative estimate of drug-likeness (QED) is 0.873. The van der Waals surface area contributed by atoms with Gasteiger partial charge in [-0.1, -0.05) is 24.3 Å². The highest BCUT2D eigenvalue weighted by Crippen LogP contribution is 2.21. The van der Waals surface area contributed by atoms with Gasteiger partial charge in [0.2, 0.25) is 5.91 Å². The van der Waals surface area contributed by atoms with Crippen molar-refractivity contribution in [2.24, 2.45) is 0 Å². The molecule has 21 heavy (non-hydrogen) atoms. The lowest BCUT2D eigenvalue weighted by Gasteiger charge is -2.36. The molecule has 1 aromatic carbocycles. The summed E-state index contributed by atoms with van der Waals surface area (Å²) >= 11 is 0. The first-order valence-electron chi connectivity index (χ1n) is 8.21. The van der Waals surface area contributed by atoms with Gasteiger partial charge in [0.1, 0.15) is 0 Å². The first kappa shape index (κ1) is 16.0. The van der Waals surface area contributed by atoms with E-state index in [2.05, 4.69) is 41.4 Å². The van der Waals surface area contributed by atoms with Crippen molar-refractivity contribution < 1.29 is 4.79 Å². The Bertz CT molecular complexity index is 458. The van der Waals surface area contributed by atoms with Crippen molar-refractivity contribution in [1.82, 2.24) is 10.2 Å². The Morgan fingerprint density at radius 1 is 1.33 bits per heavy atom. The highest BCUT2D eigenvalue weighted by molar-refractivity contribution is 5.77. The highest BCUT2D eigenvalue weighted by Gasteiger charge is 2.25. The van der Waals surface area contributed by atoms with Crippen LogP contribution < -0.4 is 5.32 Å². The van der Waals surface area contributed by atoms with Crippen molar-refractivity contribution in [3.05, 3.63) is 35.4 Å². The number of benzene rings is 1. The number of nitrogens with zero attached hydrogens (tertiary/aromatic N) is 1. The van der Waals surface area contributed by atoms with Gasteiger partial charge in [0.15, 0.2) is 0 Å². The maximum atomic E-state index is 12.6. The summed E-state index contributed by atoms with van der Waals surface area (Å²) in [6.45, 7) is 4.06. The lowest BCUT2D eigenvalue weighted by Crippen LogP contribution is -2.44. The van der Waals surface area contributed by atoms with Crippen LogP contribution in [-0.2, 0) is 11.2 Å². The molecule has 0 aromatic heterocycles. The summed E-state index contributed by atoms with van der Waals surface area (Å²) in [4.78, 5) is 14.7. The van der Waals surface area contributed by atoms with Crippen molar-refractivity contribution in [2.45, 2.75) is 51.5 Å². The Labute approximate surface area is 128 Å². The first-order chi connectivity index (χ1) is 10.2. The molecule has 1 aliphatic rings. The molecular weight excluding hydrogens is 260 g/mol. The fraction of sp³-hybridized carbons (Fsp3) is 0.611. The Morgan fingerprint density at radius 3 is 2.90 bits per heavy atom. The van der Waals surface area contributed by atoms with E-state index in [0.29, 0.717) is 18.4 Å². The van der Waals surface area contributed by atoms with Crippen LogP contribution >= 0.6 is 0 Å². The van der Waals surface area contributed by atoms with E-state index in [1.807, 2.05) is 7.05 Å². The predicted octanol–water partition coefficient (Wildman–Crippen LogP) is 2.92. The van der Waals surface area contributed by atoms with E-state index in [9.17, 15) is 4.79 Å².